The molecule has 0 unspecified atom stereocenters. The van der Waals surface area contributed by atoms with Crippen LogP contribution in [0.4, 0.5) is 70.2 Å². The van der Waals surface area contributed by atoms with E-state index in [1.807, 2.05) is 0 Å². The molecule has 7 aromatic rings. The molecular formula is C50H10F16N8. The first-order valence-corrected chi connectivity index (χ1v) is 20.0. The molecule has 0 spiro atoms. The van der Waals surface area contributed by atoms with E-state index in [0.29, 0.717) is 0 Å². The van der Waals surface area contributed by atoms with Crippen LogP contribution in [0.5, 0.6) is 0 Å². The summed E-state index contributed by atoms with van der Waals surface area (Å²) in [7, 11) is 0. The van der Waals surface area contributed by atoms with Crippen LogP contribution in [0.3, 0.4) is 0 Å². The molecule has 0 radical (unpaired) electrons. The molecule has 74 heavy (non-hydrogen) atoms. The molecule has 0 fully saturated rings. The van der Waals surface area contributed by atoms with Gasteiger partial charge in [-0.1, -0.05) is 60.7 Å². The highest BCUT2D eigenvalue weighted by atomic mass is 19.2. The third kappa shape index (κ3) is 6.98. The molecule has 9 rings (SSSR count). The minimum absolute atomic E-state index is 0.474. The fourth-order valence-electron chi connectivity index (χ4n) is 8.78. The second-order valence-electron chi connectivity index (χ2n) is 15.2. The van der Waals surface area contributed by atoms with Crippen molar-refractivity contribution < 1.29 is 70.2 Å². The van der Waals surface area contributed by atoms with Crippen LogP contribution in [0.15, 0.2) is 60.7 Å². The zero-order valence-electron chi connectivity index (χ0n) is 35.4. The first-order valence-electron chi connectivity index (χ1n) is 20.0. The summed E-state index contributed by atoms with van der Waals surface area (Å²) in [5, 5.41) is 33.8. The number of fused-ring (bicyclic) bond motifs is 2. The summed E-state index contributed by atoms with van der Waals surface area (Å²) < 4.78 is 253. The van der Waals surface area contributed by atoms with Crippen LogP contribution in [-0.2, 0) is 0 Å². The van der Waals surface area contributed by atoms with Gasteiger partial charge >= 0.3 is 0 Å². The second kappa shape index (κ2) is 18.0. The Morgan fingerprint density at radius 1 is 0.378 bits per heavy atom. The van der Waals surface area contributed by atoms with Gasteiger partial charge in [0.1, 0.15) is 12.1 Å². The number of halogens is 16. The zero-order chi connectivity index (χ0) is 53.5. The quantitative estimate of drug-likeness (QED) is 0.0922. The molecule has 8 nitrogen and oxygen atoms in total. The summed E-state index contributed by atoms with van der Waals surface area (Å²) >= 11 is 0. The third-order valence-corrected chi connectivity index (χ3v) is 11.5. The van der Waals surface area contributed by atoms with Gasteiger partial charge in [-0.15, -0.1) is 0 Å². The minimum Gasteiger partial charge on any atom is -0.237 e. The van der Waals surface area contributed by atoms with E-state index in [1.165, 1.54) is 24.3 Å². The van der Waals surface area contributed by atoms with Crippen molar-refractivity contribution in [3.05, 3.63) is 233 Å². The van der Waals surface area contributed by atoms with E-state index in [9.17, 15) is 15.8 Å². The van der Waals surface area contributed by atoms with Gasteiger partial charge in [-0.2, -0.15) is 70.8 Å². The number of nitrogens with zero attached hydrogens (tertiary/aromatic N) is 8. The summed E-state index contributed by atoms with van der Waals surface area (Å²) in [6.07, 6.45) is 0. The van der Waals surface area contributed by atoms with Crippen molar-refractivity contribution in [2.45, 2.75) is 0 Å². The molecule has 0 saturated heterocycles. The van der Waals surface area contributed by atoms with Gasteiger partial charge in [-0.25, -0.2) is 40.0 Å². The van der Waals surface area contributed by atoms with E-state index in [4.69, 9.17) is 6.57 Å². The lowest BCUT2D eigenvalue weighted by Crippen LogP contribution is -2.14. The second-order valence-corrected chi connectivity index (χ2v) is 15.2. The summed E-state index contributed by atoms with van der Waals surface area (Å²) in [6, 6.07) is 15.8. The van der Waals surface area contributed by atoms with E-state index in [2.05, 4.69) is 24.8 Å². The lowest BCUT2D eigenvalue weighted by atomic mass is 9.79. The number of aromatic nitrogens is 4. The Bertz CT molecular complexity index is 3570. The highest BCUT2D eigenvalue weighted by Crippen LogP contribution is 2.61. The molecule has 0 amide bonds. The summed E-state index contributed by atoms with van der Waals surface area (Å²) in [6.45, 7) is 8.46. The summed E-state index contributed by atoms with van der Waals surface area (Å²) in [4.78, 5) is 12.9. The van der Waals surface area contributed by atoms with E-state index in [1.54, 1.807) is 6.07 Å². The van der Waals surface area contributed by atoms with E-state index in [0.717, 1.165) is 48.5 Å². The Hall–Kier alpha value is -9.94. The maximum absolute atomic E-state index is 16.4. The van der Waals surface area contributed by atoms with Crippen LogP contribution < -0.4 is 0 Å². The molecule has 0 saturated carbocycles. The molecule has 0 bridgehead atoms. The predicted octanol–water partition coefficient (Wildman–Crippen LogP) is 12.4. The Labute approximate surface area is 401 Å². The molecule has 3 aromatic carbocycles. The highest BCUT2D eigenvalue weighted by Gasteiger charge is 2.47. The molecule has 4 aromatic heterocycles. The van der Waals surface area contributed by atoms with Crippen LogP contribution in [0.25, 0.3) is 49.6 Å². The standard InChI is InChI=1S/C50H10F16N8/c1-70-42-21(16-10-6-3-7-11-16)27(29(32-38(55)47(63)73-48(64)39(32)56)33-40(57)49(65)74-50(66)41(33)58)24-18(13-68)22-17(12-67)20(15-8-4-2-5-9-15)26(23(22)19(14-69)25(24)42)28(30-34(51)43(59)71-44(60)35(30)52)31-36(53)45(61)72-46(62)37(31)54/h2-11H. The number of hydrogen-bond donors (Lipinski definition) is 0. The van der Waals surface area contributed by atoms with Crippen molar-refractivity contribution in [2.24, 2.45) is 0 Å². The average Bonchev–Trinajstić information content (AvgIpc) is 3.90. The Morgan fingerprint density at radius 2 is 0.662 bits per heavy atom. The van der Waals surface area contributed by atoms with Crippen molar-refractivity contribution >= 4 is 44.7 Å². The van der Waals surface area contributed by atoms with Crippen LogP contribution >= 0.6 is 0 Å². The molecule has 2 aliphatic rings. The van der Waals surface area contributed by atoms with Crippen molar-refractivity contribution in [1.29, 1.82) is 15.8 Å². The van der Waals surface area contributed by atoms with Crippen LogP contribution in [0.2, 0.25) is 0 Å². The summed E-state index contributed by atoms with van der Waals surface area (Å²) in [5.74, 6) is -42.1. The summed E-state index contributed by atoms with van der Waals surface area (Å²) in [5.41, 5.74) is -28.6. The molecule has 2 aliphatic carbocycles. The van der Waals surface area contributed by atoms with E-state index in [-0.39, 0.29) is 0 Å². The van der Waals surface area contributed by atoms with Crippen LogP contribution in [0.1, 0.15) is 66.8 Å². The number of nitriles is 3. The molecule has 24 heteroatoms. The van der Waals surface area contributed by atoms with Crippen LogP contribution in [-0.4, -0.2) is 19.9 Å². The number of hydrogen-bond acceptors (Lipinski definition) is 7. The molecule has 4 heterocycles. The lowest BCUT2D eigenvalue weighted by molar-refractivity contribution is 0.398. The molecule has 362 valence electrons. The van der Waals surface area contributed by atoms with Crippen LogP contribution in [0, 0.1) is 135 Å². The largest absolute Gasteiger partial charge is 0.252 e. The fraction of sp³-hybridized carbons (Fsp3) is 0. The number of pyridine rings is 4. The van der Waals surface area contributed by atoms with Gasteiger partial charge in [0, 0.05) is 39.0 Å². The first-order chi connectivity index (χ1) is 35.3. The van der Waals surface area contributed by atoms with Gasteiger partial charge in [0.25, 0.3) is 47.6 Å². The maximum atomic E-state index is 16.4. The molecule has 0 N–H and O–H groups in total. The third-order valence-electron chi connectivity index (χ3n) is 11.5. The number of allylic oxidation sites excluding steroid dienone is 5. The topological polar surface area (TPSA) is 127 Å². The van der Waals surface area contributed by atoms with Gasteiger partial charge in [0.15, 0.2) is 46.5 Å². The Balaban J connectivity index is 1.69. The lowest BCUT2D eigenvalue weighted by Gasteiger charge is -2.22. The molecular weight excluding hydrogens is 1020 g/mol. The van der Waals surface area contributed by atoms with Crippen molar-refractivity contribution in [3.8, 4) is 18.2 Å². The van der Waals surface area contributed by atoms with Gasteiger partial charge in [-0.3, -0.25) is 0 Å². The molecule has 0 atom stereocenters. The van der Waals surface area contributed by atoms with Gasteiger partial charge in [-0.05, 0) is 27.8 Å². The smallest absolute Gasteiger partial charge is 0.237 e. The van der Waals surface area contributed by atoms with E-state index < -0.39 is 206 Å². The van der Waals surface area contributed by atoms with Gasteiger partial charge in [0.2, 0.25) is 5.70 Å². The van der Waals surface area contributed by atoms with E-state index >= 15 is 70.2 Å². The monoisotopic (exact) mass is 1030 g/mol. The highest BCUT2D eigenvalue weighted by molar-refractivity contribution is 6.36. The predicted molar refractivity (Wildman–Crippen MR) is 223 cm³/mol. The fourth-order valence-corrected chi connectivity index (χ4v) is 8.78. The van der Waals surface area contributed by atoms with Crippen molar-refractivity contribution in [1.82, 2.24) is 19.9 Å². The van der Waals surface area contributed by atoms with Gasteiger partial charge in [0.05, 0.1) is 51.6 Å². The zero-order valence-corrected chi connectivity index (χ0v) is 35.4. The first kappa shape index (κ1) is 49.1. The SMILES string of the molecule is [C-]#[N+]C1=C(c2ccccc2)C(=C(c2c(F)c(F)nc(F)c2F)c2c(F)c(F)nc(F)c2F)c2c(C#N)c3c(c(C#N)c21)C(=C(c1c(F)c(F)nc(F)c1F)c1c(F)c(F)nc(F)c1F)C(c1ccccc1)=C3C#N. The Morgan fingerprint density at radius 3 is 0.959 bits per heavy atom. The normalized spacial score (nSPS) is 12.6. The Kier molecular flexibility index (Phi) is 12.0. The van der Waals surface area contributed by atoms with Crippen molar-refractivity contribution in [3.63, 3.8) is 0 Å². The molecule has 0 aliphatic heterocycles. The number of benzene rings is 3. The average molecular weight is 1030 g/mol. The number of rotatable bonds is 6. The maximum Gasteiger partial charge on any atom is 0.252 e. The minimum atomic E-state index is -2.67. The van der Waals surface area contributed by atoms with Crippen molar-refractivity contribution in [2.75, 3.05) is 0 Å². The van der Waals surface area contributed by atoms with Gasteiger partial charge < -0.3 is 0 Å².